The molecule has 2 aromatic rings. The van der Waals surface area contributed by atoms with Gasteiger partial charge in [0, 0.05) is 9.85 Å². The molecule has 21 heavy (non-hydrogen) atoms. The normalized spacial score (nSPS) is 11.4. The first-order chi connectivity index (χ1) is 10.1. The molecule has 0 aliphatic heterocycles. The number of benzene rings is 1. The van der Waals surface area contributed by atoms with Crippen molar-refractivity contribution in [2.45, 2.75) is 13.3 Å². The van der Waals surface area contributed by atoms with Crippen LogP contribution in [-0.2, 0) is 11.3 Å². The standard InChI is InChI=1S/C14H16BrN3O2S/c1-10-17-12(9-21-10)8-14(16)18-20-6-5-19-13-4-2-3-11(15)7-13/h2-4,7,9H,5-6,8H2,1H3,(H2,16,18). The van der Waals surface area contributed by atoms with Gasteiger partial charge in [-0.2, -0.15) is 0 Å². The number of aromatic nitrogens is 1. The molecule has 112 valence electrons. The summed E-state index contributed by atoms with van der Waals surface area (Å²) in [5, 5.41) is 6.83. The third kappa shape index (κ3) is 5.73. The van der Waals surface area contributed by atoms with E-state index in [9.17, 15) is 0 Å². The lowest BCUT2D eigenvalue weighted by Gasteiger charge is -2.05. The molecule has 7 heteroatoms. The van der Waals surface area contributed by atoms with Crippen LogP contribution in [0, 0.1) is 6.92 Å². The SMILES string of the molecule is Cc1nc(CC(N)=NOCCOc2cccc(Br)c2)cs1. The van der Waals surface area contributed by atoms with Gasteiger partial charge in [-0.15, -0.1) is 11.3 Å². The van der Waals surface area contributed by atoms with E-state index in [1.807, 2.05) is 36.6 Å². The van der Waals surface area contributed by atoms with Gasteiger partial charge in [-0.3, -0.25) is 0 Å². The van der Waals surface area contributed by atoms with Crippen molar-refractivity contribution in [2.24, 2.45) is 10.9 Å². The predicted molar refractivity (Wildman–Crippen MR) is 87.8 cm³/mol. The Morgan fingerprint density at radius 2 is 2.29 bits per heavy atom. The Morgan fingerprint density at radius 1 is 1.43 bits per heavy atom. The zero-order valence-corrected chi connectivity index (χ0v) is 14.0. The van der Waals surface area contributed by atoms with Gasteiger partial charge in [0.2, 0.25) is 0 Å². The van der Waals surface area contributed by atoms with Gasteiger partial charge in [0.25, 0.3) is 0 Å². The highest BCUT2D eigenvalue weighted by Crippen LogP contribution is 2.17. The predicted octanol–water partition coefficient (Wildman–Crippen LogP) is 3.12. The van der Waals surface area contributed by atoms with E-state index >= 15 is 0 Å². The van der Waals surface area contributed by atoms with E-state index in [-0.39, 0.29) is 0 Å². The second-order valence-corrected chi connectivity index (χ2v) is 6.23. The Hall–Kier alpha value is -1.60. The van der Waals surface area contributed by atoms with E-state index < -0.39 is 0 Å². The van der Waals surface area contributed by atoms with Crippen molar-refractivity contribution in [1.29, 1.82) is 0 Å². The molecule has 0 radical (unpaired) electrons. The quantitative estimate of drug-likeness (QED) is 0.352. The van der Waals surface area contributed by atoms with E-state index in [1.54, 1.807) is 11.3 Å². The maximum absolute atomic E-state index is 5.77. The van der Waals surface area contributed by atoms with Crippen molar-refractivity contribution in [3.05, 3.63) is 44.8 Å². The molecule has 0 fully saturated rings. The molecule has 1 aromatic carbocycles. The Morgan fingerprint density at radius 3 is 3.00 bits per heavy atom. The number of aryl methyl sites for hydroxylation is 1. The van der Waals surface area contributed by atoms with Gasteiger partial charge in [0.15, 0.2) is 6.61 Å². The van der Waals surface area contributed by atoms with Crippen LogP contribution in [0.3, 0.4) is 0 Å². The van der Waals surface area contributed by atoms with Crippen LogP contribution < -0.4 is 10.5 Å². The number of nitrogens with two attached hydrogens (primary N) is 1. The van der Waals surface area contributed by atoms with Crippen molar-refractivity contribution in [1.82, 2.24) is 4.98 Å². The first kappa shape index (κ1) is 15.8. The minimum absolute atomic E-state index is 0.337. The molecular weight excluding hydrogens is 354 g/mol. The summed E-state index contributed by atoms with van der Waals surface area (Å²) in [5.41, 5.74) is 6.68. The van der Waals surface area contributed by atoms with Gasteiger partial charge < -0.3 is 15.3 Å². The summed E-state index contributed by atoms with van der Waals surface area (Å²) in [7, 11) is 0. The number of rotatable bonds is 7. The summed E-state index contributed by atoms with van der Waals surface area (Å²) >= 11 is 4.97. The molecule has 0 saturated carbocycles. The number of ether oxygens (including phenoxy) is 1. The summed E-state index contributed by atoms with van der Waals surface area (Å²) in [6.45, 7) is 2.70. The van der Waals surface area contributed by atoms with Crippen molar-refractivity contribution >= 4 is 33.1 Å². The molecule has 0 unspecified atom stereocenters. The molecule has 1 heterocycles. The smallest absolute Gasteiger partial charge is 0.151 e. The summed E-state index contributed by atoms with van der Waals surface area (Å²) in [5.74, 6) is 1.19. The Bertz CT molecular complexity index is 616. The number of amidine groups is 1. The van der Waals surface area contributed by atoms with Crippen LogP contribution >= 0.6 is 27.3 Å². The zero-order chi connectivity index (χ0) is 15.1. The minimum atomic E-state index is 0.337. The van der Waals surface area contributed by atoms with Gasteiger partial charge >= 0.3 is 0 Å². The number of halogens is 1. The molecule has 0 bridgehead atoms. The second kappa shape index (κ2) is 7.99. The molecule has 0 atom stereocenters. The summed E-state index contributed by atoms with van der Waals surface area (Å²) in [4.78, 5) is 9.44. The van der Waals surface area contributed by atoms with E-state index in [0.717, 1.165) is 20.9 Å². The molecule has 0 saturated heterocycles. The second-order valence-electron chi connectivity index (χ2n) is 4.26. The van der Waals surface area contributed by atoms with Crippen molar-refractivity contribution in [3.8, 4) is 5.75 Å². The fourth-order valence-corrected chi connectivity index (χ4v) is 2.58. The van der Waals surface area contributed by atoms with Gasteiger partial charge in [0.1, 0.15) is 18.2 Å². The highest BCUT2D eigenvalue weighted by Gasteiger charge is 2.01. The molecule has 2 N–H and O–H groups in total. The lowest BCUT2D eigenvalue weighted by atomic mass is 10.3. The van der Waals surface area contributed by atoms with Crippen LogP contribution in [0.15, 0.2) is 39.3 Å². The van der Waals surface area contributed by atoms with Crippen LogP contribution in [-0.4, -0.2) is 24.0 Å². The number of hydrogen-bond acceptors (Lipinski definition) is 5. The molecule has 1 aromatic heterocycles. The average molecular weight is 370 g/mol. The highest BCUT2D eigenvalue weighted by molar-refractivity contribution is 9.10. The molecule has 5 nitrogen and oxygen atoms in total. The Balaban J connectivity index is 1.67. The topological polar surface area (TPSA) is 69.7 Å². The lowest BCUT2D eigenvalue weighted by Crippen LogP contribution is -2.16. The van der Waals surface area contributed by atoms with Crippen LogP contribution in [0.5, 0.6) is 5.75 Å². The van der Waals surface area contributed by atoms with E-state index in [2.05, 4.69) is 26.1 Å². The highest BCUT2D eigenvalue weighted by atomic mass is 79.9. The minimum Gasteiger partial charge on any atom is -0.490 e. The maximum atomic E-state index is 5.77. The number of thiazole rings is 1. The molecule has 2 rings (SSSR count). The number of nitrogens with zero attached hydrogens (tertiary/aromatic N) is 2. The fraction of sp³-hybridized carbons (Fsp3) is 0.286. The molecular formula is C14H16BrN3O2S. The van der Waals surface area contributed by atoms with Crippen molar-refractivity contribution < 1.29 is 9.57 Å². The van der Waals surface area contributed by atoms with Gasteiger partial charge in [0.05, 0.1) is 17.1 Å². The van der Waals surface area contributed by atoms with Gasteiger partial charge in [-0.05, 0) is 25.1 Å². The van der Waals surface area contributed by atoms with Crippen molar-refractivity contribution in [3.63, 3.8) is 0 Å². The first-order valence-corrected chi connectivity index (χ1v) is 8.04. The van der Waals surface area contributed by atoms with E-state index in [0.29, 0.717) is 25.5 Å². The third-order valence-corrected chi connectivity index (χ3v) is 3.77. The van der Waals surface area contributed by atoms with Crippen molar-refractivity contribution in [2.75, 3.05) is 13.2 Å². The van der Waals surface area contributed by atoms with Crippen LogP contribution in [0.1, 0.15) is 10.7 Å². The Kier molecular flexibility index (Phi) is 6.01. The maximum Gasteiger partial charge on any atom is 0.151 e. The molecule has 0 aliphatic rings. The fourth-order valence-electron chi connectivity index (χ4n) is 1.59. The van der Waals surface area contributed by atoms with Crippen LogP contribution in [0.2, 0.25) is 0 Å². The zero-order valence-electron chi connectivity index (χ0n) is 11.6. The summed E-state index contributed by atoms with van der Waals surface area (Å²) in [6.07, 6.45) is 0.497. The van der Waals surface area contributed by atoms with Crippen LogP contribution in [0.25, 0.3) is 0 Å². The third-order valence-electron chi connectivity index (χ3n) is 2.45. The monoisotopic (exact) mass is 369 g/mol. The summed E-state index contributed by atoms with van der Waals surface area (Å²) < 4.78 is 6.49. The average Bonchev–Trinajstić information content (AvgIpc) is 2.84. The van der Waals surface area contributed by atoms with Gasteiger partial charge in [-0.25, -0.2) is 4.98 Å². The molecule has 0 spiro atoms. The van der Waals surface area contributed by atoms with E-state index in [1.165, 1.54) is 0 Å². The van der Waals surface area contributed by atoms with E-state index in [4.69, 9.17) is 15.3 Å². The van der Waals surface area contributed by atoms with Crippen LogP contribution in [0.4, 0.5) is 0 Å². The lowest BCUT2D eigenvalue weighted by molar-refractivity contribution is 0.106. The summed E-state index contributed by atoms with van der Waals surface area (Å²) in [6, 6.07) is 7.62. The number of oxime groups is 1. The Labute approximate surface area is 135 Å². The van der Waals surface area contributed by atoms with Gasteiger partial charge in [-0.1, -0.05) is 27.2 Å². The molecule has 0 amide bonds. The number of hydrogen-bond donors (Lipinski definition) is 1. The first-order valence-electron chi connectivity index (χ1n) is 6.37. The largest absolute Gasteiger partial charge is 0.490 e. The molecule has 0 aliphatic carbocycles.